The minimum atomic E-state index is -0.600. The summed E-state index contributed by atoms with van der Waals surface area (Å²) in [6, 6.07) is 2.08. The largest absolute Gasteiger partial charge is 0.507 e. The summed E-state index contributed by atoms with van der Waals surface area (Å²) in [5, 5.41) is 20.5. The number of rotatable bonds is 2. The number of aromatic hydroxyl groups is 1. The van der Waals surface area contributed by atoms with E-state index >= 15 is 0 Å². The van der Waals surface area contributed by atoms with Crippen molar-refractivity contribution in [3.8, 4) is 5.75 Å². The number of hydrogen-bond acceptors (Lipinski definition) is 5. The lowest BCUT2D eigenvalue weighted by Gasteiger charge is -2.13. The summed E-state index contributed by atoms with van der Waals surface area (Å²) in [5.74, 6) is -0.303. The first kappa shape index (κ1) is 12.0. The minimum Gasteiger partial charge on any atom is -0.507 e. The van der Waals surface area contributed by atoms with Crippen molar-refractivity contribution in [3.63, 3.8) is 0 Å². The molecule has 0 unspecified atom stereocenters. The van der Waals surface area contributed by atoms with Crippen LogP contribution in [0, 0.1) is 10.1 Å². The van der Waals surface area contributed by atoms with Crippen LogP contribution in [0.4, 0.5) is 5.69 Å². The maximum atomic E-state index is 11.7. The van der Waals surface area contributed by atoms with Gasteiger partial charge in [0.1, 0.15) is 17.6 Å². The van der Waals surface area contributed by atoms with Crippen molar-refractivity contribution < 1.29 is 10.0 Å². The Balaban J connectivity index is 2.89. The van der Waals surface area contributed by atoms with Gasteiger partial charge in [-0.2, -0.15) is 0 Å². The van der Waals surface area contributed by atoms with Gasteiger partial charge in [-0.05, 0) is 13.8 Å². The van der Waals surface area contributed by atoms with E-state index in [-0.39, 0.29) is 28.5 Å². The van der Waals surface area contributed by atoms with Crippen molar-refractivity contribution >= 4 is 16.7 Å². The van der Waals surface area contributed by atoms with Crippen LogP contribution in [-0.4, -0.2) is 19.6 Å². The highest BCUT2D eigenvalue weighted by Gasteiger charge is 2.15. The molecule has 7 heteroatoms. The number of nitro groups is 1. The van der Waals surface area contributed by atoms with E-state index in [4.69, 9.17) is 0 Å². The predicted octanol–water partition coefficient (Wildman–Crippen LogP) is 1.59. The summed E-state index contributed by atoms with van der Waals surface area (Å²) >= 11 is 0. The molecule has 18 heavy (non-hydrogen) atoms. The van der Waals surface area contributed by atoms with Gasteiger partial charge in [-0.1, -0.05) is 0 Å². The van der Waals surface area contributed by atoms with Crippen LogP contribution in [0.15, 0.2) is 23.1 Å². The Morgan fingerprint density at radius 3 is 2.67 bits per heavy atom. The highest BCUT2D eigenvalue weighted by Crippen LogP contribution is 2.26. The number of aromatic nitrogens is 2. The normalized spacial score (nSPS) is 11.1. The van der Waals surface area contributed by atoms with Crippen molar-refractivity contribution in [1.82, 2.24) is 9.55 Å². The number of fused-ring (bicyclic) bond motifs is 1. The lowest BCUT2D eigenvalue weighted by Crippen LogP contribution is -2.22. The molecule has 0 radical (unpaired) electrons. The van der Waals surface area contributed by atoms with Crippen LogP contribution < -0.4 is 5.56 Å². The number of hydrogen-bond donors (Lipinski definition) is 1. The lowest BCUT2D eigenvalue weighted by molar-refractivity contribution is -0.385. The van der Waals surface area contributed by atoms with E-state index in [2.05, 4.69) is 4.98 Å². The van der Waals surface area contributed by atoms with Crippen LogP contribution in [0.3, 0.4) is 0 Å². The van der Waals surface area contributed by atoms with Crippen molar-refractivity contribution in [2.24, 2.45) is 0 Å². The Morgan fingerprint density at radius 1 is 1.44 bits per heavy atom. The van der Waals surface area contributed by atoms with Crippen molar-refractivity contribution in [2.45, 2.75) is 19.9 Å². The third kappa shape index (κ3) is 1.79. The van der Waals surface area contributed by atoms with Crippen LogP contribution in [0.5, 0.6) is 5.75 Å². The fraction of sp³-hybridized carbons (Fsp3) is 0.273. The van der Waals surface area contributed by atoms with Crippen molar-refractivity contribution in [2.75, 3.05) is 0 Å². The standard InChI is InChI=1S/C11H11N3O4/c1-6(2)13-10(16)4-9(15)8-3-7(14(17)18)5-12-11(8)13/h3-6,15H,1-2H3. The fourth-order valence-electron chi connectivity index (χ4n) is 1.79. The van der Waals surface area contributed by atoms with E-state index in [9.17, 15) is 20.0 Å². The quantitative estimate of drug-likeness (QED) is 0.643. The smallest absolute Gasteiger partial charge is 0.288 e. The second-order valence-electron chi connectivity index (χ2n) is 4.15. The van der Waals surface area contributed by atoms with Gasteiger partial charge in [0, 0.05) is 18.2 Å². The molecule has 0 atom stereocenters. The summed E-state index contributed by atoms with van der Waals surface area (Å²) < 4.78 is 1.37. The van der Waals surface area contributed by atoms with Gasteiger partial charge < -0.3 is 5.11 Å². The van der Waals surface area contributed by atoms with Crippen molar-refractivity contribution in [1.29, 1.82) is 0 Å². The second kappa shape index (κ2) is 4.10. The zero-order chi connectivity index (χ0) is 13.4. The van der Waals surface area contributed by atoms with Crippen LogP contribution in [0.2, 0.25) is 0 Å². The SMILES string of the molecule is CC(C)n1c(=O)cc(O)c2cc([N+](=O)[O-])cnc21. The van der Waals surface area contributed by atoms with E-state index in [0.29, 0.717) is 0 Å². The van der Waals surface area contributed by atoms with Crippen LogP contribution in [0.1, 0.15) is 19.9 Å². The molecule has 0 aliphatic carbocycles. The van der Waals surface area contributed by atoms with E-state index in [1.54, 1.807) is 13.8 Å². The van der Waals surface area contributed by atoms with Crippen LogP contribution in [-0.2, 0) is 0 Å². The molecule has 0 spiro atoms. The zero-order valence-electron chi connectivity index (χ0n) is 9.82. The molecular formula is C11H11N3O4. The Kier molecular flexibility index (Phi) is 2.74. The van der Waals surface area contributed by atoms with Gasteiger partial charge in [-0.3, -0.25) is 19.5 Å². The molecule has 0 fully saturated rings. The Bertz CT molecular complexity index is 690. The number of pyridine rings is 2. The Morgan fingerprint density at radius 2 is 2.11 bits per heavy atom. The first-order valence-corrected chi connectivity index (χ1v) is 5.30. The van der Waals surface area contributed by atoms with Gasteiger partial charge in [0.25, 0.3) is 11.2 Å². The highest BCUT2D eigenvalue weighted by molar-refractivity contribution is 5.83. The maximum absolute atomic E-state index is 11.7. The molecule has 0 saturated carbocycles. The van der Waals surface area contributed by atoms with Crippen molar-refractivity contribution in [3.05, 3.63) is 38.8 Å². The second-order valence-corrected chi connectivity index (χ2v) is 4.15. The van der Waals surface area contributed by atoms with Gasteiger partial charge in [-0.15, -0.1) is 0 Å². The summed E-state index contributed by atoms with van der Waals surface area (Å²) in [6.45, 7) is 3.59. The molecule has 2 aromatic heterocycles. The Hall–Kier alpha value is -2.44. The molecule has 94 valence electrons. The molecule has 0 saturated heterocycles. The van der Waals surface area contributed by atoms with E-state index in [1.807, 2.05) is 0 Å². The summed E-state index contributed by atoms with van der Waals surface area (Å²) in [5.41, 5.74) is -0.385. The first-order valence-electron chi connectivity index (χ1n) is 5.30. The molecule has 2 aromatic rings. The molecular weight excluding hydrogens is 238 g/mol. The maximum Gasteiger partial charge on any atom is 0.288 e. The molecule has 0 aliphatic rings. The monoisotopic (exact) mass is 249 g/mol. The van der Waals surface area contributed by atoms with Crippen LogP contribution in [0.25, 0.3) is 11.0 Å². The Labute approximate surface area is 101 Å². The predicted molar refractivity (Wildman–Crippen MR) is 64.7 cm³/mol. The summed E-state index contributed by atoms with van der Waals surface area (Å²) in [4.78, 5) is 25.7. The third-order valence-electron chi connectivity index (χ3n) is 2.58. The van der Waals surface area contributed by atoms with E-state index < -0.39 is 10.5 Å². The highest BCUT2D eigenvalue weighted by atomic mass is 16.6. The lowest BCUT2D eigenvalue weighted by atomic mass is 10.2. The molecule has 0 aliphatic heterocycles. The summed E-state index contributed by atoms with van der Waals surface area (Å²) in [7, 11) is 0. The van der Waals surface area contributed by atoms with E-state index in [0.717, 1.165) is 12.3 Å². The zero-order valence-corrected chi connectivity index (χ0v) is 9.82. The van der Waals surface area contributed by atoms with Gasteiger partial charge in [0.2, 0.25) is 0 Å². The molecule has 2 rings (SSSR count). The van der Waals surface area contributed by atoms with Gasteiger partial charge in [0.05, 0.1) is 10.3 Å². The number of nitrogens with zero attached hydrogens (tertiary/aromatic N) is 3. The molecule has 2 heterocycles. The molecule has 0 aromatic carbocycles. The molecule has 7 nitrogen and oxygen atoms in total. The topological polar surface area (TPSA) is 98.3 Å². The molecule has 0 bridgehead atoms. The first-order chi connectivity index (χ1) is 8.41. The third-order valence-corrected chi connectivity index (χ3v) is 2.58. The molecule has 0 amide bonds. The summed E-state index contributed by atoms with van der Waals surface area (Å²) in [6.07, 6.45) is 1.07. The minimum absolute atomic E-state index is 0.158. The average Bonchev–Trinajstić information content (AvgIpc) is 2.27. The molecule has 1 N–H and O–H groups in total. The van der Waals surface area contributed by atoms with Gasteiger partial charge in [0.15, 0.2) is 0 Å². The van der Waals surface area contributed by atoms with E-state index in [1.165, 1.54) is 10.6 Å². The van der Waals surface area contributed by atoms with Crippen LogP contribution >= 0.6 is 0 Å². The average molecular weight is 249 g/mol. The van der Waals surface area contributed by atoms with Gasteiger partial charge in [-0.25, -0.2) is 4.98 Å². The van der Waals surface area contributed by atoms with Gasteiger partial charge >= 0.3 is 0 Å². The fourth-order valence-corrected chi connectivity index (χ4v) is 1.79.